The minimum atomic E-state index is -0.541. The van der Waals surface area contributed by atoms with Gasteiger partial charge >= 0.3 is 6.09 Å². The Morgan fingerprint density at radius 1 is 1.43 bits per heavy atom. The standard InChI is InChI=1S/C13H16BrN5O2/c1-13(2,3)21-12(20)15-8-11-16-17-18-19(11)10-6-4-5-9(14)7-10/h4-7H,8H2,1-3H3,(H,15,20). The molecule has 21 heavy (non-hydrogen) atoms. The summed E-state index contributed by atoms with van der Waals surface area (Å²) in [6.07, 6.45) is -0.508. The smallest absolute Gasteiger partial charge is 0.408 e. The molecule has 0 fully saturated rings. The third-order valence-electron chi connectivity index (χ3n) is 2.38. The van der Waals surface area contributed by atoms with Gasteiger partial charge in [0, 0.05) is 4.47 Å². The van der Waals surface area contributed by atoms with Crippen LogP contribution in [0.2, 0.25) is 0 Å². The number of nitrogens with zero attached hydrogens (tertiary/aromatic N) is 4. The number of halogens is 1. The number of hydrogen-bond donors (Lipinski definition) is 1. The first-order valence-electron chi connectivity index (χ1n) is 6.35. The van der Waals surface area contributed by atoms with Gasteiger partial charge in [0.2, 0.25) is 0 Å². The average Bonchev–Trinajstić information content (AvgIpc) is 2.82. The molecule has 2 aromatic rings. The quantitative estimate of drug-likeness (QED) is 0.916. The Morgan fingerprint density at radius 3 is 2.86 bits per heavy atom. The fourth-order valence-electron chi connectivity index (χ4n) is 1.59. The van der Waals surface area contributed by atoms with E-state index in [0.717, 1.165) is 10.2 Å². The largest absolute Gasteiger partial charge is 0.444 e. The van der Waals surface area contributed by atoms with Gasteiger partial charge in [0.05, 0.1) is 12.2 Å². The first-order valence-corrected chi connectivity index (χ1v) is 7.14. The van der Waals surface area contributed by atoms with Crippen molar-refractivity contribution in [3.8, 4) is 5.69 Å². The molecule has 1 aromatic heterocycles. The van der Waals surface area contributed by atoms with Crippen LogP contribution in [0.1, 0.15) is 26.6 Å². The Kier molecular flexibility index (Phi) is 4.56. The molecule has 0 radical (unpaired) electrons. The summed E-state index contributed by atoms with van der Waals surface area (Å²) in [7, 11) is 0. The highest BCUT2D eigenvalue weighted by molar-refractivity contribution is 9.10. The highest BCUT2D eigenvalue weighted by Crippen LogP contribution is 2.15. The second kappa shape index (κ2) is 6.21. The SMILES string of the molecule is CC(C)(C)OC(=O)NCc1nnnn1-c1cccc(Br)c1. The lowest BCUT2D eigenvalue weighted by molar-refractivity contribution is 0.0522. The molecule has 0 atom stereocenters. The maximum atomic E-state index is 11.6. The van der Waals surface area contributed by atoms with Gasteiger partial charge in [0.25, 0.3) is 0 Å². The summed E-state index contributed by atoms with van der Waals surface area (Å²) >= 11 is 3.40. The van der Waals surface area contributed by atoms with Crippen molar-refractivity contribution >= 4 is 22.0 Å². The number of ether oxygens (including phenoxy) is 1. The number of benzene rings is 1. The summed E-state index contributed by atoms with van der Waals surface area (Å²) < 4.78 is 7.64. The summed E-state index contributed by atoms with van der Waals surface area (Å²) in [6.45, 7) is 5.59. The number of carbonyl (C=O) groups is 1. The van der Waals surface area contributed by atoms with E-state index in [4.69, 9.17) is 4.74 Å². The molecule has 0 unspecified atom stereocenters. The lowest BCUT2D eigenvalue weighted by Gasteiger charge is -2.19. The molecular weight excluding hydrogens is 338 g/mol. The topological polar surface area (TPSA) is 81.9 Å². The molecule has 0 saturated carbocycles. The van der Waals surface area contributed by atoms with Gasteiger partial charge in [0.1, 0.15) is 5.60 Å². The number of tetrazole rings is 1. The summed E-state index contributed by atoms with van der Waals surface area (Å²) in [5.74, 6) is 0.513. The summed E-state index contributed by atoms with van der Waals surface area (Å²) in [6, 6.07) is 7.55. The molecule has 0 aliphatic rings. The minimum absolute atomic E-state index is 0.175. The molecule has 1 aromatic carbocycles. The summed E-state index contributed by atoms with van der Waals surface area (Å²) in [5, 5.41) is 14.1. The molecule has 1 amide bonds. The van der Waals surface area contributed by atoms with E-state index in [0.29, 0.717) is 5.82 Å². The zero-order valence-electron chi connectivity index (χ0n) is 12.0. The van der Waals surface area contributed by atoms with Crippen LogP contribution in [0.5, 0.6) is 0 Å². The van der Waals surface area contributed by atoms with Gasteiger partial charge in [-0.05, 0) is 49.4 Å². The van der Waals surface area contributed by atoms with E-state index in [1.807, 2.05) is 24.3 Å². The van der Waals surface area contributed by atoms with Gasteiger partial charge in [-0.25, -0.2) is 4.79 Å². The Bertz CT molecular complexity index is 635. The molecule has 2 rings (SSSR count). The number of hydrogen-bond acceptors (Lipinski definition) is 5. The van der Waals surface area contributed by atoms with Crippen molar-refractivity contribution in [2.45, 2.75) is 32.9 Å². The van der Waals surface area contributed by atoms with Gasteiger partial charge in [-0.15, -0.1) is 5.10 Å². The van der Waals surface area contributed by atoms with E-state index in [1.54, 1.807) is 25.5 Å². The number of nitrogens with one attached hydrogen (secondary N) is 1. The molecule has 8 heteroatoms. The fraction of sp³-hybridized carbons (Fsp3) is 0.385. The predicted octanol–water partition coefficient (Wildman–Crippen LogP) is 2.45. The number of rotatable bonds is 3. The van der Waals surface area contributed by atoms with Gasteiger partial charge < -0.3 is 10.1 Å². The molecule has 1 N–H and O–H groups in total. The highest BCUT2D eigenvalue weighted by Gasteiger charge is 2.17. The van der Waals surface area contributed by atoms with Crippen LogP contribution in [-0.4, -0.2) is 31.9 Å². The summed E-state index contributed by atoms with van der Waals surface area (Å²) in [5.41, 5.74) is 0.260. The fourth-order valence-corrected chi connectivity index (χ4v) is 1.98. The lowest BCUT2D eigenvalue weighted by atomic mass is 10.2. The van der Waals surface area contributed by atoms with E-state index < -0.39 is 11.7 Å². The van der Waals surface area contributed by atoms with Crippen molar-refractivity contribution in [1.82, 2.24) is 25.5 Å². The molecular formula is C13H16BrN5O2. The molecule has 0 bridgehead atoms. The Labute approximate surface area is 130 Å². The van der Waals surface area contributed by atoms with Crippen LogP contribution >= 0.6 is 15.9 Å². The molecule has 1 heterocycles. The molecule has 0 saturated heterocycles. The van der Waals surface area contributed by atoms with E-state index in [2.05, 4.69) is 36.8 Å². The van der Waals surface area contributed by atoms with Gasteiger partial charge in [-0.2, -0.15) is 4.68 Å². The molecule has 0 spiro atoms. The second-order valence-electron chi connectivity index (χ2n) is 5.34. The van der Waals surface area contributed by atoms with Crippen molar-refractivity contribution < 1.29 is 9.53 Å². The van der Waals surface area contributed by atoms with Gasteiger partial charge in [0.15, 0.2) is 5.82 Å². The first kappa shape index (κ1) is 15.4. The monoisotopic (exact) mass is 353 g/mol. The van der Waals surface area contributed by atoms with Crippen LogP contribution in [0.3, 0.4) is 0 Å². The van der Waals surface area contributed by atoms with Crippen molar-refractivity contribution in [2.75, 3.05) is 0 Å². The van der Waals surface area contributed by atoms with Crippen molar-refractivity contribution in [1.29, 1.82) is 0 Å². The van der Waals surface area contributed by atoms with Crippen LogP contribution in [0.4, 0.5) is 4.79 Å². The normalized spacial score (nSPS) is 11.2. The van der Waals surface area contributed by atoms with E-state index >= 15 is 0 Å². The Morgan fingerprint density at radius 2 is 2.19 bits per heavy atom. The average molecular weight is 354 g/mol. The first-order chi connectivity index (χ1) is 9.85. The third kappa shape index (κ3) is 4.52. The lowest BCUT2D eigenvalue weighted by Crippen LogP contribution is -2.32. The van der Waals surface area contributed by atoms with E-state index in [-0.39, 0.29) is 6.54 Å². The van der Waals surface area contributed by atoms with Crippen molar-refractivity contribution in [3.05, 3.63) is 34.6 Å². The zero-order valence-corrected chi connectivity index (χ0v) is 13.6. The number of aromatic nitrogens is 4. The maximum absolute atomic E-state index is 11.6. The van der Waals surface area contributed by atoms with Crippen LogP contribution < -0.4 is 5.32 Å². The maximum Gasteiger partial charge on any atom is 0.408 e. The third-order valence-corrected chi connectivity index (χ3v) is 2.87. The minimum Gasteiger partial charge on any atom is -0.444 e. The Hall–Kier alpha value is -1.96. The summed E-state index contributed by atoms with van der Waals surface area (Å²) in [4.78, 5) is 11.6. The molecule has 7 nitrogen and oxygen atoms in total. The second-order valence-corrected chi connectivity index (χ2v) is 6.26. The molecule has 0 aliphatic heterocycles. The number of carbonyl (C=O) groups excluding carboxylic acids is 1. The zero-order chi connectivity index (χ0) is 15.5. The predicted molar refractivity (Wildman–Crippen MR) is 79.9 cm³/mol. The van der Waals surface area contributed by atoms with Crippen LogP contribution in [-0.2, 0) is 11.3 Å². The highest BCUT2D eigenvalue weighted by atomic mass is 79.9. The van der Waals surface area contributed by atoms with Crippen molar-refractivity contribution in [3.63, 3.8) is 0 Å². The van der Waals surface area contributed by atoms with Crippen LogP contribution in [0, 0.1) is 0 Å². The van der Waals surface area contributed by atoms with Crippen LogP contribution in [0.15, 0.2) is 28.7 Å². The van der Waals surface area contributed by atoms with E-state index in [9.17, 15) is 4.79 Å². The number of alkyl carbamates (subject to hydrolysis) is 1. The van der Waals surface area contributed by atoms with Crippen molar-refractivity contribution in [2.24, 2.45) is 0 Å². The molecule has 0 aliphatic carbocycles. The Balaban J connectivity index is 2.06. The number of amides is 1. The van der Waals surface area contributed by atoms with Gasteiger partial charge in [-0.3, -0.25) is 0 Å². The molecule has 112 valence electrons. The van der Waals surface area contributed by atoms with Crippen LogP contribution in [0.25, 0.3) is 5.69 Å². The van der Waals surface area contributed by atoms with Gasteiger partial charge in [-0.1, -0.05) is 22.0 Å². The van der Waals surface area contributed by atoms with E-state index in [1.165, 1.54) is 0 Å².